The van der Waals surface area contributed by atoms with Crippen molar-refractivity contribution in [2.75, 3.05) is 0 Å². The Kier molecular flexibility index (Phi) is 3.38. The monoisotopic (exact) mass is 276 g/mol. The number of hydrogen-bond acceptors (Lipinski definition) is 1. The van der Waals surface area contributed by atoms with E-state index in [9.17, 15) is 0 Å². The van der Waals surface area contributed by atoms with Gasteiger partial charge in [0.1, 0.15) is 0 Å². The van der Waals surface area contributed by atoms with Gasteiger partial charge in [0.05, 0.1) is 12.0 Å². The van der Waals surface area contributed by atoms with E-state index in [-0.39, 0.29) is 5.41 Å². The molecule has 106 valence electrons. The number of nitrogens with zero attached hydrogens (tertiary/aromatic N) is 2. The van der Waals surface area contributed by atoms with Crippen LogP contribution in [0.3, 0.4) is 0 Å². The van der Waals surface area contributed by atoms with Gasteiger partial charge < -0.3 is 4.57 Å². The van der Waals surface area contributed by atoms with E-state index >= 15 is 0 Å². The van der Waals surface area contributed by atoms with E-state index < -0.39 is 0 Å². The van der Waals surface area contributed by atoms with Crippen LogP contribution < -0.4 is 0 Å². The molecule has 2 heteroatoms. The Balaban J connectivity index is 2.22. The molecule has 1 aromatic heterocycles. The van der Waals surface area contributed by atoms with E-state index in [1.807, 2.05) is 24.8 Å². The van der Waals surface area contributed by atoms with Crippen LogP contribution in [-0.4, -0.2) is 9.55 Å². The number of benzene rings is 2. The largest absolute Gasteiger partial charge is 0.306 e. The Bertz CT molecular complexity index is 720. The first-order valence-electron chi connectivity index (χ1n) is 7.24. The second-order valence-electron chi connectivity index (χ2n) is 6.32. The molecule has 0 radical (unpaired) electrons. The van der Waals surface area contributed by atoms with Gasteiger partial charge in [0.25, 0.3) is 0 Å². The van der Waals surface area contributed by atoms with Crippen LogP contribution in [0.5, 0.6) is 0 Å². The quantitative estimate of drug-likeness (QED) is 0.655. The van der Waals surface area contributed by atoms with Crippen molar-refractivity contribution in [3.63, 3.8) is 0 Å². The zero-order chi connectivity index (χ0) is 14.9. The van der Waals surface area contributed by atoms with Gasteiger partial charge in [-0.25, -0.2) is 4.98 Å². The molecular formula is C19H20N2. The Morgan fingerprint density at radius 2 is 1.71 bits per heavy atom. The van der Waals surface area contributed by atoms with Gasteiger partial charge in [-0.3, -0.25) is 0 Å². The van der Waals surface area contributed by atoms with E-state index in [2.05, 4.69) is 72.8 Å². The molecule has 0 aliphatic rings. The zero-order valence-electron chi connectivity index (χ0n) is 12.7. The molecule has 2 aromatic carbocycles. The Labute approximate surface area is 126 Å². The molecule has 0 aliphatic heterocycles. The number of imidazole rings is 1. The van der Waals surface area contributed by atoms with Crippen molar-refractivity contribution in [3.8, 4) is 16.8 Å². The van der Waals surface area contributed by atoms with Crippen molar-refractivity contribution in [2.45, 2.75) is 26.2 Å². The van der Waals surface area contributed by atoms with Gasteiger partial charge in [-0.2, -0.15) is 0 Å². The highest BCUT2D eigenvalue weighted by molar-refractivity contribution is 5.74. The van der Waals surface area contributed by atoms with Gasteiger partial charge in [0.2, 0.25) is 0 Å². The van der Waals surface area contributed by atoms with Gasteiger partial charge >= 0.3 is 0 Å². The van der Waals surface area contributed by atoms with Gasteiger partial charge in [-0.05, 0) is 28.7 Å². The highest BCUT2D eigenvalue weighted by Gasteiger charge is 2.16. The van der Waals surface area contributed by atoms with Crippen molar-refractivity contribution in [2.24, 2.45) is 0 Å². The molecule has 0 saturated carbocycles. The molecule has 3 aromatic rings. The molecule has 0 fully saturated rings. The number of rotatable bonds is 2. The minimum absolute atomic E-state index is 0.136. The summed E-state index contributed by atoms with van der Waals surface area (Å²) in [5.74, 6) is 0. The molecule has 0 aliphatic carbocycles. The van der Waals surface area contributed by atoms with Crippen LogP contribution in [0.15, 0.2) is 67.3 Å². The lowest BCUT2D eigenvalue weighted by molar-refractivity contribution is 0.590. The number of hydrogen-bond donors (Lipinski definition) is 0. The summed E-state index contributed by atoms with van der Waals surface area (Å²) in [4.78, 5) is 4.17. The van der Waals surface area contributed by atoms with Crippen molar-refractivity contribution < 1.29 is 0 Å². The van der Waals surface area contributed by atoms with Crippen LogP contribution in [0.25, 0.3) is 16.8 Å². The molecule has 0 saturated heterocycles. The van der Waals surface area contributed by atoms with Crippen molar-refractivity contribution >= 4 is 0 Å². The van der Waals surface area contributed by atoms with Crippen molar-refractivity contribution in [3.05, 3.63) is 72.8 Å². The van der Waals surface area contributed by atoms with E-state index in [1.165, 1.54) is 16.7 Å². The summed E-state index contributed by atoms with van der Waals surface area (Å²) in [5, 5.41) is 0. The topological polar surface area (TPSA) is 17.8 Å². The smallest absolute Gasteiger partial charge is 0.0991 e. The second-order valence-corrected chi connectivity index (χ2v) is 6.32. The summed E-state index contributed by atoms with van der Waals surface area (Å²) in [6, 6.07) is 17.2. The zero-order valence-corrected chi connectivity index (χ0v) is 12.7. The summed E-state index contributed by atoms with van der Waals surface area (Å²) < 4.78 is 2.06. The van der Waals surface area contributed by atoms with Crippen LogP contribution in [0.1, 0.15) is 26.3 Å². The highest BCUT2D eigenvalue weighted by atomic mass is 15.0. The average molecular weight is 276 g/mol. The predicted molar refractivity (Wildman–Crippen MR) is 87.7 cm³/mol. The molecule has 0 N–H and O–H groups in total. The molecule has 0 bridgehead atoms. The highest BCUT2D eigenvalue weighted by Crippen LogP contribution is 2.32. The average Bonchev–Trinajstić information content (AvgIpc) is 3.01. The number of aromatic nitrogens is 2. The third-order valence-corrected chi connectivity index (χ3v) is 3.73. The summed E-state index contributed by atoms with van der Waals surface area (Å²) in [7, 11) is 0. The normalized spacial score (nSPS) is 11.6. The Hall–Kier alpha value is -2.35. The molecule has 21 heavy (non-hydrogen) atoms. The maximum atomic E-state index is 4.17. The van der Waals surface area contributed by atoms with Crippen LogP contribution >= 0.6 is 0 Å². The SMILES string of the molecule is CC(C)(C)c1ccc(-n2ccnc2)c(-c2ccccc2)c1. The lowest BCUT2D eigenvalue weighted by Gasteiger charge is -2.22. The summed E-state index contributed by atoms with van der Waals surface area (Å²) >= 11 is 0. The molecule has 3 rings (SSSR count). The van der Waals surface area contributed by atoms with Gasteiger partial charge in [0, 0.05) is 18.0 Å². The van der Waals surface area contributed by atoms with Crippen molar-refractivity contribution in [1.82, 2.24) is 9.55 Å². The molecule has 0 unspecified atom stereocenters. The minimum atomic E-state index is 0.136. The van der Waals surface area contributed by atoms with E-state index in [4.69, 9.17) is 0 Å². The first-order valence-corrected chi connectivity index (χ1v) is 7.24. The van der Waals surface area contributed by atoms with Crippen LogP contribution in [-0.2, 0) is 5.41 Å². The van der Waals surface area contributed by atoms with Gasteiger partial charge in [-0.1, -0.05) is 57.2 Å². The third-order valence-electron chi connectivity index (χ3n) is 3.73. The van der Waals surface area contributed by atoms with E-state index in [0.717, 1.165) is 5.69 Å². The minimum Gasteiger partial charge on any atom is -0.306 e. The standard InChI is InChI=1S/C19H20N2/c1-19(2,3)16-9-10-18(21-12-11-20-14-21)17(13-16)15-7-5-4-6-8-15/h4-14H,1-3H3. The fourth-order valence-corrected chi connectivity index (χ4v) is 2.48. The summed E-state index contributed by atoms with van der Waals surface area (Å²) in [6.07, 6.45) is 5.64. The van der Waals surface area contributed by atoms with Crippen molar-refractivity contribution in [1.29, 1.82) is 0 Å². The Morgan fingerprint density at radius 1 is 0.952 bits per heavy atom. The van der Waals surface area contributed by atoms with Crippen LogP contribution in [0.2, 0.25) is 0 Å². The molecule has 1 heterocycles. The first kappa shape index (κ1) is 13.6. The molecule has 0 atom stereocenters. The third kappa shape index (κ3) is 2.75. The fourth-order valence-electron chi connectivity index (χ4n) is 2.48. The maximum absolute atomic E-state index is 4.17. The lowest BCUT2D eigenvalue weighted by atomic mass is 9.85. The molecule has 2 nitrogen and oxygen atoms in total. The van der Waals surface area contributed by atoms with E-state index in [1.54, 1.807) is 0 Å². The second kappa shape index (κ2) is 5.21. The molecular weight excluding hydrogens is 256 g/mol. The van der Waals surface area contributed by atoms with E-state index in [0.29, 0.717) is 0 Å². The van der Waals surface area contributed by atoms with Crippen LogP contribution in [0.4, 0.5) is 0 Å². The van der Waals surface area contributed by atoms with Gasteiger partial charge in [-0.15, -0.1) is 0 Å². The molecule has 0 spiro atoms. The van der Waals surface area contributed by atoms with Gasteiger partial charge in [0.15, 0.2) is 0 Å². The predicted octanol–water partition coefficient (Wildman–Crippen LogP) is 4.84. The fraction of sp³-hybridized carbons (Fsp3) is 0.211. The molecule has 0 amide bonds. The summed E-state index contributed by atoms with van der Waals surface area (Å²) in [5.41, 5.74) is 5.10. The maximum Gasteiger partial charge on any atom is 0.0991 e. The first-order chi connectivity index (χ1) is 10.1. The lowest BCUT2D eigenvalue weighted by Crippen LogP contribution is -2.11. The van der Waals surface area contributed by atoms with Crippen LogP contribution in [0, 0.1) is 0 Å². The summed E-state index contributed by atoms with van der Waals surface area (Å²) in [6.45, 7) is 6.73. The Morgan fingerprint density at radius 3 is 2.33 bits per heavy atom.